The van der Waals surface area contributed by atoms with Crippen LogP contribution >= 0.6 is 27.3 Å². The lowest BCUT2D eigenvalue weighted by molar-refractivity contribution is -0.116. The van der Waals surface area contributed by atoms with E-state index < -0.39 is 0 Å². The van der Waals surface area contributed by atoms with Gasteiger partial charge in [-0.25, -0.2) is 4.98 Å². The molecular formula is C11H13BrN2OS. The summed E-state index contributed by atoms with van der Waals surface area (Å²) in [4.78, 5) is 19.7. The van der Waals surface area contributed by atoms with Gasteiger partial charge in [0.05, 0.1) is 10.5 Å². The second kappa shape index (κ2) is 4.11. The molecule has 0 radical (unpaired) electrons. The summed E-state index contributed by atoms with van der Waals surface area (Å²) in [7, 11) is 0. The van der Waals surface area contributed by atoms with Crippen molar-refractivity contribution in [2.24, 2.45) is 0 Å². The molecule has 2 aliphatic rings. The number of anilines is 1. The molecule has 3 nitrogen and oxygen atoms in total. The molecule has 0 saturated carbocycles. The van der Waals surface area contributed by atoms with Crippen molar-refractivity contribution in [2.45, 2.75) is 36.9 Å². The van der Waals surface area contributed by atoms with Gasteiger partial charge in [0, 0.05) is 11.4 Å². The molecule has 1 amide bonds. The first kappa shape index (κ1) is 10.7. The van der Waals surface area contributed by atoms with Crippen molar-refractivity contribution in [1.29, 1.82) is 0 Å². The molecule has 86 valence electrons. The Morgan fingerprint density at radius 2 is 2.19 bits per heavy atom. The Labute approximate surface area is 107 Å². The number of carbonyl (C=O) groups excluding carboxylic acids is 1. The molecule has 0 bridgehead atoms. The van der Waals surface area contributed by atoms with E-state index in [0.29, 0.717) is 0 Å². The molecule has 1 aliphatic heterocycles. The largest absolute Gasteiger partial charge is 0.287 e. The Hall–Kier alpha value is -0.420. The monoisotopic (exact) mass is 300 g/mol. The first-order valence-electron chi connectivity index (χ1n) is 5.70. The molecule has 1 aromatic heterocycles. The highest BCUT2D eigenvalue weighted by Gasteiger charge is 2.33. The molecule has 1 atom stereocenters. The molecule has 3 rings (SSSR count). The number of amides is 1. The van der Waals surface area contributed by atoms with Crippen LogP contribution < -0.4 is 4.90 Å². The topological polar surface area (TPSA) is 33.2 Å². The highest BCUT2D eigenvalue weighted by Crippen LogP contribution is 2.34. The Morgan fingerprint density at radius 1 is 1.38 bits per heavy atom. The molecule has 5 heteroatoms. The van der Waals surface area contributed by atoms with Crippen molar-refractivity contribution < 1.29 is 4.79 Å². The predicted octanol–water partition coefficient (Wildman–Crippen LogP) is 2.52. The number of hydrogen-bond donors (Lipinski definition) is 0. The summed E-state index contributed by atoms with van der Waals surface area (Å²) in [5.74, 6) is 0.172. The smallest absolute Gasteiger partial charge is 0.242 e. The maximum Gasteiger partial charge on any atom is 0.242 e. The van der Waals surface area contributed by atoms with Crippen LogP contribution in [-0.2, 0) is 17.6 Å². The Morgan fingerprint density at radius 3 is 2.88 bits per heavy atom. The van der Waals surface area contributed by atoms with Crippen LogP contribution in [0.25, 0.3) is 0 Å². The highest BCUT2D eigenvalue weighted by molar-refractivity contribution is 9.10. The zero-order valence-electron chi connectivity index (χ0n) is 8.91. The Balaban J connectivity index is 1.90. The summed E-state index contributed by atoms with van der Waals surface area (Å²) in [6.07, 6.45) is 5.64. The molecule has 0 spiro atoms. The molecule has 2 heterocycles. The number of thiazole rings is 1. The van der Waals surface area contributed by atoms with Crippen LogP contribution in [0.2, 0.25) is 0 Å². The first-order chi connectivity index (χ1) is 7.75. The highest BCUT2D eigenvalue weighted by atomic mass is 79.9. The molecule has 1 unspecified atom stereocenters. The van der Waals surface area contributed by atoms with Gasteiger partial charge in [0.25, 0.3) is 0 Å². The fraction of sp³-hybridized carbons (Fsp3) is 0.636. The number of halogens is 1. The number of nitrogens with zero attached hydrogens (tertiary/aromatic N) is 2. The minimum Gasteiger partial charge on any atom is -0.287 e. The van der Waals surface area contributed by atoms with Gasteiger partial charge in [0.15, 0.2) is 5.13 Å². The van der Waals surface area contributed by atoms with E-state index in [4.69, 9.17) is 0 Å². The molecule has 1 aliphatic carbocycles. The molecule has 1 aromatic rings. The quantitative estimate of drug-likeness (QED) is 0.747. The van der Waals surface area contributed by atoms with E-state index in [-0.39, 0.29) is 10.7 Å². The normalized spacial score (nSPS) is 24.9. The third-order valence-electron chi connectivity index (χ3n) is 3.21. The van der Waals surface area contributed by atoms with Crippen LogP contribution in [-0.4, -0.2) is 22.3 Å². The van der Waals surface area contributed by atoms with E-state index in [9.17, 15) is 4.79 Å². The summed E-state index contributed by atoms with van der Waals surface area (Å²) in [5, 5.41) is 0.916. The van der Waals surface area contributed by atoms with Gasteiger partial charge in [-0.3, -0.25) is 9.69 Å². The van der Waals surface area contributed by atoms with Crippen LogP contribution in [0.3, 0.4) is 0 Å². The van der Waals surface area contributed by atoms with E-state index in [1.54, 1.807) is 11.3 Å². The third-order valence-corrected chi connectivity index (χ3v) is 5.24. The fourth-order valence-electron chi connectivity index (χ4n) is 2.29. The molecule has 0 aromatic carbocycles. The zero-order valence-corrected chi connectivity index (χ0v) is 11.3. The minimum absolute atomic E-state index is 0.00609. The minimum atomic E-state index is -0.00609. The van der Waals surface area contributed by atoms with Gasteiger partial charge >= 0.3 is 0 Å². The number of aryl methyl sites for hydroxylation is 2. The molecular weight excluding hydrogens is 288 g/mol. The first-order valence-corrected chi connectivity index (χ1v) is 7.43. The Kier molecular flexibility index (Phi) is 2.75. The van der Waals surface area contributed by atoms with Crippen molar-refractivity contribution in [3.63, 3.8) is 0 Å². The second-order valence-corrected chi connectivity index (χ2v) is 6.49. The van der Waals surface area contributed by atoms with Gasteiger partial charge in [0.2, 0.25) is 5.91 Å². The summed E-state index contributed by atoms with van der Waals surface area (Å²) >= 11 is 5.11. The lowest BCUT2D eigenvalue weighted by Gasteiger charge is -2.10. The maximum absolute atomic E-state index is 11.9. The van der Waals surface area contributed by atoms with E-state index in [0.717, 1.165) is 30.9 Å². The van der Waals surface area contributed by atoms with Crippen LogP contribution in [0.4, 0.5) is 5.13 Å². The Bertz CT molecular complexity index is 408. The van der Waals surface area contributed by atoms with Crippen molar-refractivity contribution in [1.82, 2.24) is 4.98 Å². The number of fused-ring (bicyclic) bond motifs is 1. The number of hydrogen-bond acceptors (Lipinski definition) is 3. The molecule has 16 heavy (non-hydrogen) atoms. The predicted molar refractivity (Wildman–Crippen MR) is 68.4 cm³/mol. The van der Waals surface area contributed by atoms with Crippen molar-refractivity contribution >= 4 is 38.3 Å². The van der Waals surface area contributed by atoms with Gasteiger partial charge < -0.3 is 0 Å². The van der Waals surface area contributed by atoms with Crippen molar-refractivity contribution in [3.05, 3.63) is 10.6 Å². The number of carbonyl (C=O) groups is 1. The summed E-state index contributed by atoms with van der Waals surface area (Å²) < 4.78 is 0. The summed E-state index contributed by atoms with van der Waals surface area (Å²) in [5.41, 5.74) is 1.23. The molecule has 1 saturated heterocycles. The average Bonchev–Trinajstić information content (AvgIpc) is 2.84. The number of rotatable bonds is 1. The van der Waals surface area contributed by atoms with Gasteiger partial charge in [-0.1, -0.05) is 15.9 Å². The van der Waals surface area contributed by atoms with Crippen LogP contribution in [0.1, 0.15) is 29.8 Å². The van der Waals surface area contributed by atoms with Gasteiger partial charge in [-0.2, -0.15) is 0 Å². The second-order valence-electron chi connectivity index (χ2n) is 4.32. The fourth-order valence-corrected chi connectivity index (χ4v) is 3.92. The SMILES string of the molecule is O=C1C(Br)CCN1c1nc2c(s1)CCCC2. The van der Waals surface area contributed by atoms with Gasteiger partial charge in [0.1, 0.15) is 0 Å². The maximum atomic E-state index is 11.9. The summed E-state index contributed by atoms with van der Waals surface area (Å²) in [6.45, 7) is 0.807. The zero-order chi connectivity index (χ0) is 11.1. The van der Waals surface area contributed by atoms with Crippen LogP contribution in [0.15, 0.2) is 0 Å². The van der Waals surface area contributed by atoms with Crippen molar-refractivity contribution in [2.75, 3.05) is 11.4 Å². The van der Waals surface area contributed by atoms with Crippen molar-refractivity contribution in [3.8, 4) is 0 Å². The van der Waals surface area contributed by atoms with Crippen LogP contribution in [0.5, 0.6) is 0 Å². The average molecular weight is 301 g/mol. The standard InChI is InChI=1S/C11H13BrN2OS/c12-7-5-6-14(10(7)15)11-13-8-3-1-2-4-9(8)16-11/h7H,1-6H2. The van der Waals surface area contributed by atoms with Crippen LogP contribution in [0, 0.1) is 0 Å². The number of alkyl halides is 1. The van der Waals surface area contributed by atoms with Gasteiger partial charge in [-0.05, 0) is 32.1 Å². The van der Waals surface area contributed by atoms with E-state index in [1.165, 1.54) is 23.4 Å². The number of aromatic nitrogens is 1. The molecule has 1 fully saturated rings. The van der Waals surface area contributed by atoms with Gasteiger partial charge in [-0.15, -0.1) is 11.3 Å². The van der Waals surface area contributed by atoms with E-state index >= 15 is 0 Å². The third kappa shape index (κ3) is 1.70. The van der Waals surface area contributed by atoms with E-state index in [2.05, 4.69) is 20.9 Å². The lowest BCUT2D eigenvalue weighted by atomic mass is 10.0. The lowest BCUT2D eigenvalue weighted by Crippen LogP contribution is -2.26. The summed E-state index contributed by atoms with van der Waals surface area (Å²) in [6, 6.07) is 0. The van der Waals surface area contributed by atoms with E-state index in [1.807, 2.05) is 4.90 Å². The molecule has 0 N–H and O–H groups in total.